The molecule has 0 N–H and O–H groups in total. The molecule has 0 aliphatic heterocycles. The van der Waals surface area contributed by atoms with Crippen LogP contribution < -0.4 is 4.74 Å². The highest BCUT2D eigenvalue weighted by Gasteiger charge is 2.30. The van der Waals surface area contributed by atoms with Gasteiger partial charge in [0.15, 0.2) is 0 Å². The lowest BCUT2D eigenvalue weighted by atomic mass is 9.92. The molecule has 0 radical (unpaired) electrons. The lowest BCUT2D eigenvalue weighted by Gasteiger charge is -2.35. The summed E-state index contributed by atoms with van der Waals surface area (Å²) in [5.41, 5.74) is -0.0442. The predicted octanol–water partition coefficient (Wildman–Crippen LogP) is 4.77. The van der Waals surface area contributed by atoms with Crippen molar-refractivity contribution in [3.05, 3.63) is 28.8 Å². The summed E-state index contributed by atoms with van der Waals surface area (Å²) in [6.07, 6.45) is 3.25. The van der Waals surface area contributed by atoms with Crippen molar-refractivity contribution in [2.75, 3.05) is 7.05 Å². The van der Waals surface area contributed by atoms with Crippen molar-refractivity contribution in [3.8, 4) is 11.8 Å². The largest absolute Gasteiger partial charge is 0.490 e. The number of carbonyl (C=O) groups is 1. The minimum atomic E-state index is -0.486. The Morgan fingerprint density at radius 2 is 1.92 bits per heavy atom. The van der Waals surface area contributed by atoms with Gasteiger partial charge in [0.25, 0.3) is 0 Å². The summed E-state index contributed by atoms with van der Waals surface area (Å²) in [4.78, 5) is 13.9. The van der Waals surface area contributed by atoms with Crippen LogP contribution in [-0.4, -0.2) is 35.8 Å². The van der Waals surface area contributed by atoms with E-state index in [-0.39, 0.29) is 18.2 Å². The number of benzene rings is 1. The molecular weight excluding hydrogens is 340 g/mol. The standard InChI is InChI=1S/C19H25ClN2O3/c1-19(2,3)25-18(23)22(4)14-6-9-15(10-7-14)24-16-8-5-13(12-21)17(20)11-16/h5,8,11,14-15H,6-7,9-10H2,1-4H3. The van der Waals surface area contributed by atoms with Crippen molar-refractivity contribution >= 4 is 17.7 Å². The molecule has 1 aliphatic carbocycles. The first kappa shape index (κ1) is 19.4. The molecule has 0 atom stereocenters. The van der Waals surface area contributed by atoms with Crippen LogP contribution in [0, 0.1) is 11.3 Å². The lowest BCUT2D eigenvalue weighted by Crippen LogP contribution is -2.43. The summed E-state index contributed by atoms with van der Waals surface area (Å²) in [5.74, 6) is 0.674. The second kappa shape index (κ2) is 7.97. The number of ether oxygens (including phenoxy) is 2. The molecule has 0 saturated heterocycles. The molecule has 0 bridgehead atoms. The molecule has 0 unspecified atom stereocenters. The van der Waals surface area contributed by atoms with Crippen LogP contribution in [0.5, 0.6) is 5.75 Å². The maximum atomic E-state index is 12.2. The molecule has 1 saturated carbocycles. The molecule has 1 aromatic carbocycles. The number of halogens is 1. The van der Waals surface area contributed by atoms with Crippen molar-refractivity contribution in [3.63, 3.8) is 0 Å². The average molecular weight is 365 g/mol. The number of hydrogen-bond donors (Lipinski definition) is 0. The first-order chi connectivity index (χ1) is 11.7. The quantitative estimate of drug-likeness (QED) is 0.775. The maximum absolute atomic E-state index is 12.2. The summed E-state index contributed by atoms with van der Waals surface area (Å²) in [6, 6.07) is 7.31. The van der Waals surface area contributed by atoms with Gasteiger partial charge in [-0.15, -0.1) is 0 Å². The Hall–Kier alpha value is -1.93. The average Bonchev–Trinajstić information content (AvgIpc) is 2.53. The third-order valence-electron chi connectivity index (χ3n) is 4.24. The van der Waals surface area contributed by atoms with Crippen molar-refractivity contribution in [1.82, 2.24) is 4.90 Å². The Bertz CT molecular complexity index is 656. The lowest BCUT2D eigenvalue weighted by molar-refractivity contribution is 0.0139. The zero-order chi connectivity index (χ0) is 18.6. The van der Waals surface area contributed by atoms with Gasteiger partial charge in [-0.05, 0) is 58.6 Å². The van der Waals surface area contributed by atoms with Crippen LogP contribution in [0.2, 0.25) is 5.02 Å². The Labute approximate surface area is 154 Å². The molecule has 0 spiro atoms. The molecule has 25 heavy (non-hydrogen) atoms. The van der Waals surface area contributed by atoms with Crippen LogP contribution in [0.25, 0.3) is 0 Å². The van der Waals surface area contributed by atoms with E-state index in [0.717, 1.165) is 25.7 Å². The summed E-state index contributed by atoms with van der Waals surface area (Å²) in [5, 5.41) is 9.31. The number of hydrogen-bond acceptors (Lipinski definition) is 4. The number of nitrogens with zero attached hydrogens (tertiary/aromatic N) is 2. The fourth-order valence-corrected chi connectivity index (χ4v) is 3.10. The van der Waals surface area contributed by atoms with E-state index in [1.807, 2.05) is 26.8 Å². The second-order valence-corrected chi connectivity index (χ2v) is 7.80. The maximum Gasteiger partial charge on any atom is 0.410 e. The van der Waals surface area contributed by atoms with Gasteiger partial charge in [0.1, 0.15) is 17.4 Å². The highest BCUT2D eigenvalue weighted by Crippen LogP contribution is 2.29. The summed E-state index contributed by atoms with van der Waals surface area (Å²) < 4.78 is 11.4. The Morgan fingerprint density at radius 3 is 2.44 bits per heavy atom. The molecule has 5 nitrogen and oxygen atoms in total. The van der Waals surface area contributed by atoms with Gasteiger partial charge in [-0.2, -0.15) is 5.26 Å². The second-order valence-electron chi connectivity index (χ2n) is 7.39. The fourth-order valence-electron chi connectivity index (χ4n) is 2.89. The first-order valence-corrected chi connectivity index (χ1v) is 8.89. The van der Waals surface area contributed by atoms with Crippen molar-refractivity contribution < 1.29 is 14.3 Å². The van der Waals surface area contributed by atoms with Crippen LogP contribution in [0.1, 0.15) is 52.0 Å². The Kier molecular flexibility index (Phi) is 6.18. The topological polar surface area (TPSA) is 62.6 Å². The van der Waals surface area contributed by atoms with Gasteiger partial charge < -0.3 is 14.4 Å². The molecule has 0 heterocycles. The molecule has 0 aromatic heterocycles. The third kappa shape index (κ3) is 5.54. The number of rotatable bonds is 3. The van der Waals surface area contributed by atoms with E-state index in [9.17, 15) is 4.79 Å². The van der Waals surface area contributed by atoms with E-state index in [2.05, 4.69) is 0 Å². The molecule has 1 fully saturated rings. The molecule has 136 valence electrons. The number of amides is 1. The molecule has 1 aromatic rings. The monoisotopic (exact) mass is 364 g/mol. The first-order valence-electron chi connectivity index (χ1n) is 8.51. The summed E-state index contributed by atoms with van der Waals surface area (Å²) >= 11 is 6.04. The Morgan fingerprint density at radius 1 is 1.28 bits per heavy atom. The van der Waals surface area contributed by atoms with Crippen LogP contribution >= 0.6 is 11.6 Å². The molecular formula is C19H25ClN2O3. The molecule has 2 rings (SSSR count). The van der Waals surface area contributed by atoms with Gasteiger partial charge in [0.2, 0.25) is 0 Å². The Balaban J connectivity index is 1.86. The normalized spacial score (nSPS) is 20.5. The fraction of sp³-hybridized carbons (Fsp3) is 0.579. The minimum Gasteiger partial charge on any atom is -0.490 e. The van der Waals surface area contributed by atoms with E-state index in [1.165, 1.54) is 0 Å². The highest BCUT2D eigenvalue weighted by atomic mass is 35.5. The summed E-state index contributed by atoms with van der Waals surface area (Å²) in [7, 11) is 1.79. The van der Waals surface area contributed by atoms with E-state index >= 15 is 0 Å². The van der Waals surface area contributed by atoms with E-state index in [0.29, 0.717) is 16.3 Å². The smallest absolute Gasteiger partial charge is 0.410 e. The van der Waals surface area contributed by atoms with E-state index in [1.54, 1.807) is 30.1 Å². The van der Waals surface area contributed by atoms with Crippen LogP contribution in [0.4, 0.5) is 4.79 Å². The SMILES string of the molecule is CN(C(=O)OC(C)(C)C)C1CCC(Oc2ccc(C#N)c(Cl)c2)CC1. The van der Waals surface area contributed by atoms with Gasteiger partial charge >= 0.3 is 6.09 Å². The molecule has 6 heteroatoms. The van der Waals surface area contributed by atoms with E-state index < -0.39 is 5.60 Å². The number of carbonyl (C=O) groups excluding carboxylic acids is 1. The zero-order valence-corrected chi connectivity index (χ0v) is 16.0. The van der Waals surface area contributed by atoms with Crippen LogP contribution in [0.3, 0.4) is 0 Å². The molecule has 1 amide bonds. The highest BCUT2D eigenvalue weighted by molar-refractivity contribution is 6.31. The number of nitriles is 1. The van der Waals surface area contributed by atoms with Gasteiger partial charge in [0.05, 0.1) is 16.7 Å². The third-order valence-corrected chi connectivity index (χ3v) is 4.55. The van der Waals surface area contributed by atoms with Gasteiger partial charge in [0, 0.05) is 19.2 Å². The van der Waals surface area contributed by atoms with Crippen LogP contribution in [0.15, 0.2) is 18.2 Å². The zero-order valence-electron chi connectivity index (χ0n) is 15.2. The molecule has 1 aliphatic rings. The van der Waals surface area contributed by atoms with Gasteiger partial charge in [-0.25, -0.2) is 4.79 Å². The van der Waals surface area contributed by atoms with E-state index in [4.69, 9.17) is 26.3 Å². The van der Waals surface area contributed by atoms with Gasteiger partial charge in [-0.3, -0.25) is 0 Å². The minimum absolute atomic E-state index is 0.0901. The predicted molar refractivity (Wildman–Crippen MR) is 96.8 cm³/mol. The van der Waals surface area contributed by atoms with Crippen LogP contribution in [-0.2, 0) is 4.74 Å². The van der Waals surface area contributed by atoms with Gasteiger partial charge in [-0.1, -0.05) is 11.6 Å². The summed E-state index contributed by atoms with van der Waals surface area (Å²) in [6.45, 7) is 5.60. The van der Waals surface area contributed by atoms with Crippen molar-refractivity contribution in [2.24, 2.45) is 0 Å². The van der Waals surface area contributed by atoms with Crippen molar-refractivity contribution in [2.45, 2.75) is 64.2 Å². The van der Waals surface area contributed by atoms with Crippen molar-refractivity contribution in [1.29, 1.82) is 5.26 Å².